The molecule has 18 nitrogen and oxygen atoms in total. The summed E-state index contributed by atoms with van der Waals surface area (Å²) in [6.07, 6.45) is 9.26. The molecule has 0 bridgehead atoms. The van der Waals surface area contributed by atoms with Crippen molar-refractivity contribution >= 4 is 56.4 Å². The van der Waals surface area contributed by atoms with Crippen LogP contribution in [0.1, 0.15) is 102 Å². The highest BCUT2D eigenvalue weighted by Gasteiger charge is 2.50. The molecule has 76 heavy (non-hydrogen) atoms. The average Bonchev–Trinajstić information content (AvgIpc) is 4.08. The van der Waals surface area contributed by atoms with Crippen LogP contribution in [0.25, 0.3) is 44.0 Å². The van der Waals surface area contributed by atoms with Gasteiger partial charge in [-0.1, -0.05) is 25.1 Å². The number of pyridine rings is 1. The number of β-amino-alcohol motifs (C(OH)–C–C–N with tert-alkyl or cyclic N) is 1. The van der Waals surface area contributed by atoms with Crippen molar-refractivity contribution in [2.45, 2.75) is 127 Å². The van der Waals surface area contributed by atoms with E-state index in [1.807, 2.05) is 30.0 Å². The van der Waals surface area contributed by atoms with E-state index in [0.29, 0.717) is 104 Å². The first-order valence-corrected chi connectivity index (χ1v) is 26.9. The molecule has 402 valence electrons. The number of aliphatic hydroxyl groups is 1. The normalized spacial score (nSPS) is 23.5. The van der Waals surface area contributed by atoms with Crippen molar-refractivity contribution in [3.05, 3.63) is 81.9 Å². The Hall–Kier alpha value is -6.77. The number of amides is 3. The molecule has 20 heteroatoms. The molecule has 0 radical (unpaired) electrons. The van der Waals surface area contributed by atoms with E-state index >= 15 is 8.78 Å². The van der Waals surface area contributed by atoms with E-state index in [4.69, 9.17) is 19.2 Å². The lowest BCUT2D eigenvalue weighted by Crippen LogP contribution is -2.48. The van der Waals surface area contributed by atoms with Gasteiger partial charge in [-0.25, -0.2) is 18.4 Å². The minimum absolute atomic E-state index is 0.0101. The zero-order valence-corrected chi connectivity index (χ0v) is 43.3. The molecule has 3 aromatic heterocycles. The van der Waals surface area contributed by atoms with Gasteiger partial charge in [0.1, 0.15) is 47.9 Å². The number of likely N-dealkylation sites (tertiary alicyclic amines) is 1. The Labute approximate surface area is 437 Å². The van der Waals surface area contributed by atoms with Gasteiger partial charge in [0.05, 0.1) is 33.7 Å². The SMILES string of the molecule is CCc1c(F)ccc2cc(O)cc(-c3ncc4c(N5CCC[C@@](C)(O)C5)nc(OC[C@@]56CCCN5[C@H](COC(=O)N5CCC(OCCCc7cccc8c7n(C)c(=O)n8C7CCC(=O)NC7=O)CC5)CC6)nc4c3F)c12. The first kappa shape index (κ1) is 51.3. The molecule has 0 aliphatic carbocycles. The van der Waals surface area contributed by atoms with E-state index in [1.165, 1.54) is 29.0 Å². The summed E-state index contributed by atoms with van der Waals surface area (Å²) < 4.78 is 54.3. The van der Waals surface area contributed by atoms with Crippen LogP contribution in [-0.4, -0.2) is 138 Å². The number of aryl methyl sites for hydroxylation is 3. The van der Waals surface area contributed by atoms with E-state index in [2.05, 4.69) is 20.2 Å². The summed E-state index contributed by atoms with van der Waals surface area (Å²) in [5, 5.41) is 25.6. The second-order valence-corrected chi connectivity index (χ2v) is 21.7. The maximum atomic E-state index is 17.2. The average molecular weight is 1050 g/mol. The molecular weight excluding hydrogens is 981 g/mol. The Kier molecular flexibility index (Phi) is 13.9. The summed E-state index contributed by atoms with van der Waals surface area (Å²) in [4.78, 5) is 71.5. The number of aromatic nitrogens is 5. The number of anilines is 1. The number of phenols is 1. The minimum atomic E-state index is -1.01. The lowest BCUT2D eigenvalue weighted by Gasteiger charge is -2.38. The fourth-order valence-electron chi connectivity index (χ4n) is 12.9. The van der Waals surface area contributed by atoms with Gasteiger partial charge >= 0.3 is 17.8 Å². The lowest BCUT2D eigenvalue weighted by molar-refractivity contribution is -0.135. The van der Waals surface area contributed by atoms with E-state index in [9.17, 15) is 29.4 Å². The van der Waals surface area contributed by atoms with Crippen molar-refractivity contribution < 1.29 is 47.6 Å². The smallest absolute Gasteiger partial charge is 0.409 e. The number of hydrogen-bond donors (Lipinski definition) is 3. The number of benzene rings is 3. The number of rotatable bonds is 14. The standard InChI is InChI=1S/C56H65F2N9O9/c1-4-38-41(57)13-12-34-27-36(68)28-39(45(34)38)47-46(58)48-40(29-59-47)50(65-22-7-19-55(2,73)31-65)62-52(61-48)76-32-56-20-8-23-66(56)35(16-21-56)30-75-54(72)64-24-17-37(18-25-64)74-26-6-10-33-9-5-11-42-49(33)63(3)53(71)67(42)43-14-15-44(69)60-51(43)70/h5,9,11-13,27-29,35,37,43,68,73H,4,6-8,10,14-26,30-32H2,1-3H3,(H,60,69,70)/t35-,43?,55+,56-/m0/s1. The highest BCUT2D eigenvalue weighted by atomic mass is 19.1. The van der Waals surface area contributed by atoms with Gasteiger partial charge in [-0.3, -0.25) is 33.9 Å². The Morgan fingerprint density at radius 3 is 2.58 bits per heavy atom. The zero-order valence-electron chi connectivity index (χ0n) is 43.3. The second kappa shape index (κ2) is 20.6. The summed E-state index contributed by atoms with van der Waals surface area (Å²) in [6.45, 7) is 7.16. The molecule has 3 N–H and O–H groups in total. The Balaban J connectivity index is 0.716. The van der Waals surface area contributed by atoms with Crippen LogP contribution in [0, 0.1) is 11.6 Å². The number of para-hydroxylation sites is 1. The quantitative estimate of drug-likeness (QED) is 0.0742. The molecule has 11 rings (SSSR count). The number of imide groups is 1. The van der Waals surface area contributed by atoms with Gasteiger partial charge in [0, 0.05) is 64.1 Å². The van der Waals surface area contributed by atoms with Gasteiger partial charge in [-0.15, -0.1) is 0 Å². The number of nitrogens with one attached hydrogen (secondary N) is 1. The fourth-order valence-corrected chi connectivity index (χ4v) is 12.9. The van der Waals surface area contributed by atoms with Gasteiger partial charge in [0.25, 0.3) is 0 Å². The number of imidazole rings is 1. The summed E-state index contributed by atoms with van der Waals surface area (Å²) in [5.74, 6) is -1.74. The second-order valence-electron chi connectivity index (χ2n) is 21.7. The predicted molar refractivity (Wildman–Crippen MR) is 279 cm³/mol. The Bertz CT molecular complexity index is 3320. The molecule has 5 saturated heterocycles. The van der Waals surface area contributed by atoms with Crippen LogP contribution in [-0.2, 0) is 39.0 Å². The largest absolute Gasteiger partial charge is 0.508 e. The van der Waals surface area contributed by atoms with E-state index < -0.39 is 29.2 Å². The van der Waals surface area contributed by atoms with Crippen molar-refractivity contribution in [3.63, 3.8) is 0 Å². The molecule has 5 aliphatic heterocycles. The summed E-state index contributed by atoms with van der Waals surface area (Å²) >= 11 is 0. The monoisotopic (exact) mass is 1050 g/mol. The Morgan fingerprint density at radius 2 is 1.79 bits per heavy atom. The first-order chi connectivity index (χ1) is 36.6. The lowest BCUT2D eigenvalue weighted by atomic mass is 9.94. The van der Waals surface area contributed by atoms with Crippen molar-refractivity contribution in [1.82, 2.24) is 39.2 Å². The van der Waals surface area contributed by atoms with Gasteiger partial charge in [-0.2, -0.15) is 9.97 Å². The van der Waals surface area contributed by atoms with Crippen LogP contribution >= 0.6 is 0 Å². The number of nitrogens with zero attached hydrogens (tertiary/aromatic N) is 8. The number of carbonyl (C=O) groups excluding carboxylic acids is 3. The molecule has 6 aromatic rings. The highest BCUT2D eigenvalue weighted by Crippen LogP contribution is 2.44. The molecule has 3 amide bonds. The first-order valence-electron chi connectivity index (χ1n) is 26.9. The molecule has 8 heterocycles. The van der Waals surface area contributed by atoms with Crippen LogP contribution in [0.3, 0.4) is 0 Å². The number of ether oxygens (including phenoxy) is 3. The van der Waals surface area contributed by atoms with Crippen LogP contribution in [0.5, 0.6) is 11.8 Å². The van der Waals surface area contributed by atoms with Crippen molar-refractivity contribution in [3.8, 4) is 23.0 Å². The highest BCUT2D eigenvalue weighted by molar-refractivity contribution is 6.02. The number of hydrogen-bond acceptors (Lipinski definition) is 14. The molecule has 3 aromatic carbocycles. The third-order valence-electron chi connectivity index (χ3n) is 16.6. The maximum absolute atomic E-state index is 17.2. The van der Waals surface area contributed by atoms with Gasteiger partial charge in [0.2, 0.25) is 11.8 Å². The van der Waals surface area contributed by atoms with Gasteiger partial charge in [0.15, 0.2) is 5.82 Å². The predicted octanol–water partition coefficient (Wildman–Crippen LogP) is 7.00. The van der Waals surface area contributed by atoms with Crippen molar-refractivity contribution in [2.75, 3.05) is 57.4 Å². The van der Waals surface area contributed by atoms with E-state index in [-0.39, 0.29) is 96.5 Å². The molecule has 0 saturated carbocycles. The number of piperidine rings is 3. The molecular formula is C56H65F2N9O9. The van der Waals surface area contributed by atoms with Crippen molar-refractivity contribution in [1.29, 1.82) is 0 Å². The van der Waals surface area contributed by atoms with Crippen LogP contribution in [0.15, 0.2) is 53.5 Å². The molecule has 4 atom stereocenters. The van der Waals surface area contributed by atoms with E-state index in [1.54, 1.807) is 29.5 Å². The van der Waals surface area contributed by atoms with Crippen molar-refractivity contribution in [2.24, 2.45) is 7.05 Å². The zero-order chi connectivity index (χ0) is 53.0. The molecule has 5 aliphatic rings. The summed E-state index contributed by atoms with van der Waals surface area (Å²) in [6, 6.07) is 10.7. The third-order valence-corrected chi connectivity index (χ3v) is 16.6. The summed E-state index contributed by atoms with van der Waals surface area (Å²) in [7, 11) is 1.70. The molecule has 0 spiro atoms. The van der Waals surface area contributed by atoms with Crippen LogP contribution in [0.2, 0.25) is 0 Å². The van der Waals surface area contributed by atoms with Gasteiger partial charge in [-0.05, 0) is 137 Å². The maximum Gasteiger partial charge on any atom is 0.409 e. The number of aromatic hydroxyl groups is 1. The van der Waals surface area contributed by atoms with Crippen LogP contribution < -0.4 is 20.6 Å². The third kappa shape index (κ3) is 9.60. The number of fused-ring (bicyclic) bond motifs is 4. The number of halogens is 2. The Morgan fingerprint density at radius 1 is 0.974 bits per heavy atom. The van der Waals surface area contributed by atoms with E-state index in [0.717, 1.165) is 43.3 Å². The van der Waals surface area contributed by atoms with Crippen LogP contribution in [0.4, 0.5) is 19.4 Å². The number of phenolic OH excluding ortho intramolecular Hbond substituents is 1. The molecule has 5 fully saturated rings. The summed E-state index contributed by atoms with van der Waals surface area (Å²) in [5.41, 5.74) is 1.18. The fraction of sp³-hybridized carbons (Fsp3) is 0.518. The van der Waals surface area contributed by atoms with Gasteiger partial charge < -0.3 is 34.2 Å². The topological polar surface area (TPSA) is 207 Å². The minimum Gasteiger partial charge on any atom is -0.508 e. The number of carbonyl (C=O) groups is 3. The molecule has 1 unspecified atom stereocenters.